The third-order valence-corrected chi connectivity index (χ3v) is 5.23. The van der Waals surface area contributed by atoms with Crippen LogP contribution in [0.3, 0.4) is 0 Å². The molecule has 1 aromatic heterocycles. The number of aromatic nitrogens is 2. The van der Waals surface area contributed by atoms with E-state index >= 15 is 0 Å². The molecule has 1 aliphatic carbocycles. The van der Waals surface area contributed by atoms with Gasteiger partial charge in [0.25, 0.3) is 0 Å². The number of rotatable bonds is 4. The fourth-order valence-electron chi connectivity index (χ4n) is 3.36. The number of aryl methyl sites for hydroxylation is 1. The van der Waals surface area contributed by atoms with Gasteiger partial charge in [0, 0.05) is 30.3 Å². The van der Waals surface area contributed by atoms with E-state index in [-0.39, 0.29) is 5.41 Å². The highest BCUT2D eigenvalue weighted by molar-refractivity contribution is 5.22. The molecule has 108 valence electrons. The van der Waals surface area contributed by atoms with Crippen molar-refractivity contribution in [2.24, 2.45) is 24.1 Å². The van der Waals surface area contributed by atoms with Crippen LogP contribution in [0.5, 0.6) is 0 Å². The highest BCUT2D eigenvalue weighted by atomic mass is 16.3. The first kappa shape index (κ1) is 14.5. The molecule has 19 heavy (non-hydrogen) atoms. The molecule has 1 heterocycles. The first-order chi connectivity index (χ1) is 9.04. The molecule has 0 amide bonds. The molecule has 0 aliphatic heterocycles. The van der Waals surface area contributed by atoms with Gasteiger partial charge in [0.15, 0.2) is 0 Å². The second-order valence-electron chi connectivity index (χ2n) is 6.13. The Hall–Kier alpha value is -0.870. The molecule has 3 N–H and O–H groups in total. The van der Waals surface area contributed by atoms with Crippen LogP contribution in [0.25, 0.3) is 0 Å². The predicted octanol–water partition coefficient (Wildman–Crippen LogP) is 2.31. The molecule has 0 radical (unpaired) electrons. The van der Waals surface area contributed by atoms with E-state index in [9.17, 15) is 5.11 Å². The molecule has 2 rings (SSSR count). The lowest BCUT2D eigenvalue weighted by Crippen LogP contribution is -2.40. The Balaban J connectivity index is 2.20. The first-order valence-corrected chi connectivity index (χ1v) is 7.40. The maximum Gasteiger partial charge on any atom is 0.0891 e. The van der Waals surface area contributed by atoms with Crippen LogP contribution in [0.4, 0.5) is 0 Å². The van der Waals surface area contributed by atoms with Crippen LogP contribution >= 0.6 is 0 Å². The molecule has 0 bridgehead atoms. The van der Waals surface area contributed by atoms with E-state index in [1.165, 1.54) is 19.3 Å². The van der Waals surface area contributed by atoms with Gasteiger partial charge in [-0.3, -0.25) is 4.68 Å². The van der Waals surface area contributed by atoms with E-state index in [4.69, 9.17) is 5.73 Å². The Morgan fingerprint density at radius 2 is 2.16 bits per heavy atom. The van der Waals surface area contributed by atoms with Crippen LogP contribution in [0, 0.1) is 18.3 Å². The van der Waals surface area contributed by atoms with Gasteiger partial charge in [-0.2, -0.15) is 5.10 Å². The van der Waals surface area contributed by atoms with Crippen molar-refractivity contribution < 1.29 is 5.11 Å². The monoisotopic (exact) mass is 265 g/mol. The van der Waals surface area contributed by atoms with Crippen molar-refractivity contribution in [1.29, 1.82) is 0 Å². The summed E-state index contributed by atoms with van der Waals surface area (Å²) in [4.78, 5) is 0. The molecule has 0 spiro atoms. The van der Waals surface area contributed by atoms with Crippen LogP contribution < -0.4 is 5.73 Å². The molecule has 1 atom stereocenters. The molecule has 1 unspecified atom stereocenters. The average molecular weight is 265 g/mol. The van der Waals surface area contributed by atoms with Crippen LogP contribution in [-0.2, 0) is 7.05 Å². The van der Waals surface area contributed by atoms with E-state index in [1.807, 2.05) is 18.7 Å². The standard InChI is InChI=1S/C15H27N3O/c1-4-12-5-7-15(10-16,8-6-12)14(19)13-9-17-18(3)11(13)2/h9,12,14,19H,4-8,10,16H2,1-3H3. The summed E-state index contributed by atoms with van der Waals surface area (Å²) in [5, 5.41) is 15.1. The molecule has 0 saturated heterocycles. The van der Waals surface area contributed by atoms with Crippen LogP contribution in [0.15, 0.2) is 6.20 Å². The minimum absolute atomic E-state index is 0.153. The smallest absolute Gasteiger partial charge is 0.0891 e. The van der Waals surface area contributed by atoms with Gasteiger partial charge in [0.1, 0.15) is 0 Å². The minimum atomic E-state index is -0.482. The Morgan fingerprint density at radius 3 is 2.58 bits per heavy atom. The number of aliphatic hydroxyl groups is 1. The Bertz CT molecular complexity index is 419. The van der Waals surface area contributed by atoms with Crippen LogP contribution in [0.1, 0.15) is 56.4 Å². The molecular formula is C15H27N3O. The Kier molecular flexibility index (Phi) is 4.31. The molecule has 4 nitrogen and oxygen atoms in total. The van der Waals surface area contributed by atoms with Gasteiger partial charge in [-0.15, -0.1) is 0 Å². The largest absolute Gasteiger partial charge is 0.388 e. The van der Waals surface area contributed by atoms with E-state index in [2.05, 4.69) is 12.0 Å². The van der Waals surface area contributed by atoms with E-state index in [0.29, 0.717) is 6.54 Å². The molecule has 1 aromatic rings. The summed E-state index contributed by atoms with van der Waals surface area (Å²) in [5.41, 5.74) is 7.87. The highest BCUT2D eigenvalue weighted by Crippen LogP contribution is 2.47. The van der Waals surface area contributed by atoms with E-state index < -0.39 is 6.10 Å². The molecule has 4 heteroatoms. The summed E-state index contributed by atoms with van der Waals surface area (Å²) in [7, 11) is 1.91. The summed E-state index contributed by atoms with van der Waals surface area (Å²) >= 11 is 0. The number of nitrogens with two attached hydrogens (primary N) is 1. The van der Waals surface area contributed by atoms with Gasteiger partial charge in [0.05, 0.1) is 12.3 Å². The SMILES string of the molecule is CCC1CCC(CN)(C(O)c2cnn(C)c2C)CC1. The zero-order valence-electron chi connectivity index (χ0n) is 12.4. The number of hydrogen-bond acceptors (Lipinski definition) is 3. The zero-order chi connectivity index (χ0) is 14.0. The van der Waals surface area contributed by atoms with Gasteiger partial charge < -0.3 is 10.8 Å². The fourth-order valence-corrected chi connectivity index (χ4v) is 3.36. The van der Waals surface area contributed by atoms with E-state index in [0.717, 1.165) is 30.0 Å². The summed E-state index contributed by atoms with van der Waals surface area (Å²) in [6.45, 7) is 4.81. The van der Waals surface area contributed by atoms with Crippen molar-refractivity contribution >= 4 is 0 Å². The molecular weight excluding hydrogens is 238 g/mol. The molecule has 1 saturated carbocycles. The lowest BCUT2D eigenvalue weighted by Gasteiger charge is -2.42. The number of hydrogen-bond donors (Lipinski definition) is 2. The van der Waals surface area contributed by atoms with Gasteiger partial charge in [-0.1, -0.05) is 13.3 Å². The van der Waals surface area contributed by atoms with Crippen LogP contribution in [-0.4, -0.2) is 21.4 Å². The lowest BCUT2D eigenvalue weighted by atomic mass is 9.65. The van der Waals surface area contributed by atoms with Crippen molar-refractivity contribution in [3.8, 4) is 0 Å². The predicted molar refractivity (Wildman–Crippen MR) is 76.6 cm³/mol. The second kappa shape index (κ2) is 5.63. The van der Waals surface area contributed by atoms with Crippen molar-refractivity contribution in [2.45, 2.75) is 52.1 Å². The Morgan fingerprint density at radius 1 is 1.53 bits per heavy atom. The first-order valence-electron chi connectivity index (χ1n) is 7.40. The minimum Gasteiger partial charge on any atom is -0.388 e. The van der Waals surface area contributed by atoms with Crippen LogP contribution in [0.2, 0.25) is 0 Å². The molecule has 1 aliphatic rings. The van der Waals surface area contributed by atoms with Crippen molar-refractivity contribution in [2.75, 3.05) is 6.54 Å². The number of nitrogens with zero attached hydrogens (tertiary/aromatic N) is 2. The molecule has 1 fully saturated rings. The van der Waals surface area contributed by atoms with E-state index in [1.54, 1.807) is 6.20 Å². The van der Waals surface area contributed by atoms with Crippen molar-refractivity contribution in [1.82, 2.24) is 9.78 Å². The topological polar surface area (TPSA) is 64.1 Å². The highest BCUT2D eigenvalue weighted by Gasteiger charge is 2.41. The fraction of sp³-hybridized carbons (Fsp3) is 0.800. The summed E-state index contributed by atoms with van der Waals surface area (Å²) in [6, 6.07) is 0. The lowest BCUT2D eigenvalue weighted by molar-refractivity contribution is -0.0107. The van der Waals surface area contributed by atoms with Gasteiger partial charge >= 0.3 is 0 Å². The van der Waals surface area contributed by atoms with Gasteiger partial charge in [-0.25, -0.2) is 0 Å². The zero-order valence-corrected chi connectivity index (χ0v) is 12.4. The van der Waals surface area contributed by atoms with Gasteiger partial charge in [-0.05, 0) is 38.5 Å². The quantitative estimate of drug-likeness (QED) is 0.878. The Labute approximate surface area is 116 Å². The number of aliphatic hydroxyl groups excluding tert-OH is 1. The van der Waals surface area contributed by atoms with Crippen molar-refractivity contribution in [3.63, 3.8) is 0 Å². The second-order valence-corrected chi connectivity index (χ2v) is 6.13. The summed E-state index contributed by atoms with van der Waals surface area (Å²) in [5.74, 6) is 0.807. The normalized spacial score (nSPS) is 29.4. The third-order valence-electron chi connectivity index (χ3n) is 5.23. The van der Waals surface area contributed by atoms with Crippen molar-refractivity contribution in [3.05, 3.63) is 17.5 Å². The summed E-state index contributed by atoms with van der Waals surface area (Å²) in [6.07, 6.45) is 6.97. The van der Waals surface area contributed by atoms with Gasteiger partial charge in [0.2, 0.25) is 0 Å². The maximum atomic E-state index is 10.8. The maximum absolute atomic E-state index is 10.8. The average Bonchev–Trinajstić information content (AvgIpc) is 2.78. The molecule has 0 aromatic carbocycles. The summed E-state index contributed by atoms with van der Waals surface area (Å²) < 4.78 is 1.82. The third kappa shape index (κ3) is 2.56.